The van der Waals surface area contributed by atoms with E-state index in [0.717, 1.165) is 12.3 Å². The fraction of sp³-hybridized carbons (Fsp3) is 0.647. The number of hydrogen-bond acceptors (Lipinski definition) is 5. The fourth-order valence-corrected chi connectivity index (χ4v) is 3.34. The predicted molar refractivity (Wildman–Crippen MR) is 86.8 cm³/mol. The summed E-state index contributed by atoms with van der Waals surface area (Å²) in [6.45, 7) is 6.45. The van der Waals surface area contributed by atoms with Crippen LogP contribution in [0.4, 0.5) is 13.2 Å². The summed E-state index contributed by atoms with van der Waals surface area (Å²) in [4.78, 5) is 19.5. The van der Waals surface area contributed by atoms with Gasteiger partial charge in [0.2, 0.25) is 0 Å². The molecule has 0 unspecified atom stereocenters. The summed E-state index contributed by atoms with van der Waals surface area (Å²) in [6, 6.07) is 0.989. The van der Waals surface area contributed by atoms with E-state index in [1.54, 1.807) is 13.8 Å². The second-order valence-corrected chi connectivity index (χ2v) is 7.53. The average Bonchev–Trinajstić information content (AvgIpc) is 2.71. The van der Waals surface area contributed by atoms with Crippen molar-refractivity contribution in [1.29, 1.82) is 0 Å². The quantitative estimate of drug-likeness (QED) is 0.875. The Hall–Kier alpha value is -1.87. The van der Waals surface area contributed by atoms with Crippen LogP contribution in [0.1, 0.15) is 25.1 Å². The molecule has 26 heavy (non-hydrogen) atoms. The van der Waals surface area contributed by atoms with Gasteiger partial charge in [0.05, 0.1) is 22.7 Å². The van der Waals surface area contributed by atoms with Gasteiger partial charge in [0, 0.05) is 38.9 Å². The number of pyridine rings is 1. The van der Waals surface area contributed by atoms with E-state index in [0.29, 0.717) is 38.4 Å². The molecule has 0 aromatic carbocycles. The lowest BCUT2D eigenvalue weighted by Gasteiger charge is -2.41. The molecule has 0 spiro atoms. The lowest BCUT2D eigenvalue weighted by atomic mass is 9.92. The van der Waals surface area contributed by atoms with E-state index in [9.17, 15) is 23.1 Å². The molecule has 6 nitrogen and oxygen atoms in total. The topological polar surface area (TPSA) is 65.9 Å². The second kappa shape index (κ2) is 6.70. The van der Waals surface area contributed by atoms with E-state index in [2.05, 4.69) is 14.8 Å². The number of nitrogens with zero attached hydrogens (tertiary/aromatic N) is 3. The molecule has 144 valence electrons. The van der Waals surface area contributed by atoms with Gasteiger partial charge < -0.3 is 9.84 Å². The number of carboxylic acid groups (broad SMARTS) is 1. The summed E-state index contributed by atoms with van der Waals surface area (Å²) in [5.41, 5.74) is -1.18. The number of aliphatic carboxylic acids is 1. The van der Waals surface area contributed by atoms with Crippen LogP contribution in [0.5, 0.6) is 5.75 Å². The van der Waals surface area contributed by atoms with Crippen molar-refractivity contribution in [1.82, 2.24) is 14.8 Å². The molecule has 0 saturated carbocycles. The molecule has 1 aromatic heterocycles. The Morgan fingerprint density at radius 1 is 1.38 bits per heavy atom. The van der Waals surface area contributed by atoms with Crippen LogP contribution in [0.25, 0.3) is 0 Å². The first kappa shape index (κ1) is 18.9. The lowest BCUT2D eigenvalue weighted by Crippen LogP contribution is -2.56. The van der Waals surface area contributed by atoms with Crippen LogP contribution in [-0.4, -0.2) is 64.7 Å². The molecule has 1 aromatic rings. The summed E-state index contributed by atoms with van der Waals surface area (Å²) in [5.74, 6) is -0.681. The van der Waals surface area contributed by atoms with Crippen molar-refractivity contribution in [3.8, 4) is 5.75 Å². The second-order valence-electron chi connectivity index (χ2n) is 7.53. The molecule has 1 fully saturated rings. The Labute approximate surface area is 149 Å². The maximum Gasteiger partial charge on any atom is 0.418 e. The first-order valence-electron chi connectivity index (χ1n) is 8.45. The maximum atomic E-state index is 12.9. The number of halogens is 3. The highest BCUT2D eigenvalue weighted by molar-refractivity contribution is 5.73. The van der Waals surface area contributed by atoms with Crippen molar-refractivity contribution in [2.45, 2.75) is 32.6 Å². The molecule has 2 aliphatic heterocycles. The van der Waals surface area contributed by atoms with E-state index < -0.39 is 23.1 Å². The minimum atomic E-state index is -4.45. The fourth-order valence-electron chi connectivity index (χ4n) is 3.34. The van der Waals surface area contributed by atoms with Crippen LogP contribution < -0.4 is 4.74 Å². The third-order valence-corrected chi connectivity index (χ3v) is 4.93. The van der Waals surface area contributed by atoms with Gasteiger partial charge in [-0.25, -0.2) is 0 Å². The van der Waals surface area contributed by atoms with Gasteiger partial charge in [0.1, 0.15) is 12.4 Å². The number of piperazine rings is 1. The first-order valence-corrected chi connectivity index (χ1v) is 8.45. The number of carboxylic acids is 1. The van der Waals surface area contributed by atoms with E-state index in [-0.39, 0.29) is 18.4 Å². The first-order chi connectivity index (χ1) is 12.1. The zero-order valence-electron chi connectivity index (χ0n) is 14.7. The Bertz CT molecular complexity index is 694. The standard InChI is InChI=1S/C17H22F3N3O3/c1-16(2,15(24)25)10-22-3-4-23-8-13-14(26-9-12(23)7-22)5-11(6-21-13)17(18,19)20/h5-6,12H,3-4,7-10H2,1-2H3,(H,24,25)/t12-/m1/s1. The highest BCUT2D eigenvalue weighted by atomic mass is 19.4. The van der Waals surface area contributed by atoms with E-state index in [1.165, 1.54) is 0 Å². The van der Waals surface area contributed by atoms with E-state index >= 15 is 0 Å². The lowest BCUT2D eigenvalue weighted by molar-refractivity contribution is -0.148. The summed E-state index contributed by atoms with van der Waals surface area (Å²) in [7, 11) is 0. The third kappa shape index (κ3) is 3.93. The molecule has 0 amide bonds. The molecular formula is C17H22F3N3O3. The van der Waals surface area contributed by atoms with Crippen LogP contribution in [0, 0.1) is 5.41 Å². The summed E-state index contributed by atoms with van der Waals surface area (Å²) >= 11 is 0. The molecule has 2 aliphatic rings. The molecule has 0 radical (unpaired) electrons. The molecule has 1 N–H and O–H groups in total. The number of aromatic nitrogens is 1. The molecule has 9 heteroatoms. The van der Waals surface area contributed by atoms with Gasteiger partial charge in [-0.05, 0) is 19.9 Å². The van der Waals surface area contributed by atoms with Crippen LogP contribution >= 0.6 is 0 Å². The van der Waals surface area contributed by atoms with Gasteiger partial charge in [-0.2, -0.15) is 13.2 Å². The van der Waals surface area contributed by atoms with E-state index in [1.807, 2.05) is 0 Å². The minimum Gasteiger partial charge on any atom is -0.490 e. The normalized spacial score (nSPS) is 22.1. The average molecular weight is 373 g/mol. The van der Waals surface area contributed by atoms with Gasteiger partial charge in [-0.15, -0.1) is 0 Å². The van der Waals surface area contributed by atoms with Crippen molar-refractivity contribution in [3.05, 3.63) is 23.5 Å². The van der Waals surface area contributed by atoms with E-state index in [4.69, 9.17) is 4.74 Å². The monoisotopic (exact) mass is 373 g/mol. The number of rotatable bonds is 3. The highest BCUT2D eigenvalue weighted by Gasteiger charge is 2.37. The van der Waals surface area contributed by atoms with Crippen LogP contribution in [-0.2, 0) is 17.5 Å². The molecule has 1 saturated heterocycles. The summed E-state index contributed by atoms with van der Waals surface area (Å²) < 4.78 is 44.2. The number of hydrogen-bond donors (Lipinski definition) is 1. The van der Waals surface area contributed by atoms with Crippen molar-refractivity contribution in [2.75, 3.05) is 32.8 Å². The van der Waals surface area contributed by atoms with Crippen LogP contribution in [0.3, 0.4) is 0 Å². The van der Waals surface area contributed by atoms with Gasteiger partial charge in [0.15, 0.2) is 0 Å². The Kier molecular flexibility index (Phi) is 4.87. The molecular weight excluding hydrogens is 351 g/mol. The van der Waals surface area contributed by atoms with Crippen LogP contribution in [0.2, 0.25) is 0 Å². The van der Waals surface area contributed by atoms with Gasteiger partial charge in [-0.3, -0.25) is 19.6 Å². The largest absolute Gasteiger partial charge is 0.490 e. The Balaban J connectivity index is 1.71. The van der Waals surface area contributed by atoms with Crippen LogP contribution in [0.15, 0.2) is 12.3 Å². The van der Waals surface area contributed by atoms with Crippen molar-refractivity contribution < 1.29 is 27.8 Å². The molecule has 3 rings (SSSR count). The zero-order chi connectivity index (χ0) is 19.1. The zero-order valence-corrected chi connectivity index (χ0v) is 14.7. The molecule has 0 aliphatic carbocycles. The molecule has 3 heterocycles. The van der Waals surface area contributed by atoms with Crippen molar-refractivity contribution in [3.63, 3.8) is 0 Å². The number of carbonyl (C=O) groups is 1. The van der Waals surface area contributed by atoms with Gasteiger partial charge in [-0.1, -0.05) is 0 Å². The summed E-state index contributed by atoms with van der Waals surface area (Å²) in [5, 5.41) is 9.30. The Morgan fingerprint density at radius 3 is 2.77 bits per heavy atom. The maximum absolute atomic E-state index is 12.9. The van der Waals surface area contributed by atoms with Gasteiger partial charge >= 0.3 is 12.1 Å². The smallest absolute Gasteiger partial charge is 0.418 e. The SMILES string of the molecule is CC(C)(CN1CCN2Cc3ncc(C(F)(F)F)cc3OC[C@H]2C1)C(=O)O. The molecule has 1 atom stereocenters. The predicted octanol–water partition coefficient (Wildman–Crippen LogP) is 2.09. The van der Waals surface area contributed by atoms with Gasteiger partial charge in [0.25, 0.3) is 0 Å². The highest BCUT2D eigenvalue weighted by Crippen LogP contribution is 2.34. The Morgan fingerprint density at radius 2 is 2.12 bits per heavy atom. The van der Waals surface area contributed by atoms with Crippen molar-refractivity contribution in [2.24, 2.45) is 5.41 Å². The third-order valence-electron chi connectivity index (χ3n) is 4.93. The van der Waals surface area contributed by atoms with Crippen molar-refractivity contribution >= 4 is 5.97 Å². The number of alkyl halides is 3. The number of ether oxygens (including phenoxy) is 1. The number of fused-ring (bicyclic) bond motifs is 2. The summed E-state index contributed by atoms with van der Waals surface area (Å²) in [6.07, 6.45) is -3.61. The molecule has 0 bridgehead atoms. The minimum absolute atomic E-state index is 0.0168.